The number of benzene rings is 2. The van der Waals surface area contributed by atoms with E-state index in [1.807, 2.05) is 13.8 Å². The highest BCUT2D eigenvalue weighted by molar-refractivity contribution is 5.39. The highest BCUT2D eigenvalue weighted by Crippen LogP contribution is 2.31. The van der Waals surface area contributed by atoms with E-state index in [0.717, 1.165) is 11.1 Å². The van der Waals surface area contributed by atoms with E-state index >= 15 is 0 Å². The van der Waals surface area contributed by atoms with Gasteiger partial charge in [-0.25, -0.2) is 0 Å². The Morgan fingerprint density at radius 3 is 0.943 bits per heavy atom. The number of rotatable bonds is 6. The van der Waals surface area contributed by atoms with Gasteiger partial charge in [0.1, 0.15) is 0 Å². The summed E-state index contributed by atoms with van der Waals surface area (Å²) in [7, 11) is 0. The predicted molar refractivity (Wildman–Crippen MR) is 166 cm³/mol. The fourth-order valence-corrected chi connectivity index (χ4v) is 2.11. The Morgan fingerprint density at radius 2 is 0.800 bits per heavy atom. The summed E-state index contributed by atoms with van der Waals surface area (Å²) in [5, 5.41) is 0. The van der Waals surface area contributed by atoms with Crippen molar-refractivity contribution in [2.24, 2.45) is 0 Å². The number of unbranched alkanes of at least 4 members (excludes halogenated alkanes) is 2. The van der Waals surface area contributed by atoms with Gasteiger partial charge in [0, 0.05) is 5.41 Å². The summed E-state index contributed by atoms with van der Waals surface area (Å²) in [6.45, 7) is 35.4. The first-order valence-electron chi connectivity index (χ1n) is 13.1. The minimum absolute atomic E-state index is 0.0708. The molecule has 2 rings (SSSR count). The molecular formula is C35H56. The van der Waals surface area contributed by atoms with Crippen molar-refractivity contribution in [3.05, 3.63) is 120 Å². The molecule has 196 valence electrons. The topological polar surface area (TPSA) is 0 Å². The van der Waals surface area contributed by atoms with E-state index in [0.29, 0.717) is 0 Å². The first-order valence-corrected chi connectivity index (χ1v) is 13.1. The summed E-state index contributed by atoms with van der Waals surface area (Å²) in [6.07, 6.45) is 8.72. The predicted octanol–water partition coefficient (Wildman–Crippen LogP) is 11.7. The summed E-state index contributed by atoms with van der Waals surface area (Å²) in [5.74, 6) is 0. The molecule has 0 radical (unpaired) electrons. The molecule has 0 aliphatic carbocycles. The van der Waals surface area contributed by atoms with E-state index < -0.39 is 0 Å². The Morgan fingerprint density at radius 1 is 0.600 bits per heavy atom. The molecule has 2 aromatic rings. The maximum atomic E-state index is 3.56. The van der Waals surface area contributed by atoms with Gasteiger partial charge in [-0.05, 0) is 38.8 Å². The zero-order valence-electron chi connectivity index (χ0n) is 24.9. The van der Waals surface area contributed by atoms with Crippen LogP contribution in [0.15, 0.2) is 98.1 Å². The molecule has 0 nitrogen and oxygen atoms in total. The largest absolute Gasteiger partial charge is 0.0988 e. The third kappa shape index (κ3) is 21.7. The summed E-state index contributed by atoms with van der Waals surface area (Å²) >= 11 is 0. The lowest BCUT2D eigenvalue weighted by Gasteiger charge is -2.26. The second-order valence-electron chi connectivity index (χ2n) is 9.46. The van der Waals surface area contributed by atoms with Crippen molar-refractivity contribution in [2.75, 3.05) is 0 Å². The van der Waals surface area contributed by atoms with Crippen LogP contribution < -0.4 is 0 Å². The molecule has 0 aliphatic heterocycles. The molecule has 0 aromatic heterocycles. The van der Waals surface area contributed by atoms with Gasteiger partial charge in [-0.15, -0.1) is 0 Å². The zero-order chi connectivity index (χ0) is 27.9. The number of hydrogen-bond acceptors (Lipinski definition) is 0. The molecule has 0 amide bonds. The Hall–Kier alpha value is -2.60. The summed E-state index contributed by atoms with van der Waals surface area (Å²) in [5.41, 5.74) is 7.47. The first kappa shape index (κ1) is 37.0. The molecule has 0 unspecified atom stereocenters. The SMILES string of the molecule is C=CC(=C)C.C=CC(=C)C.CCCC.CCCC.Cc1ccc(C(C)(C)c2ccc(C)cc2)cc1. The molecule has 0 bridgehead atoms. The molecule has 0 heteroatoms. The van der Waals surface area contributed by atoms with Crippen molar-refractivity contribution in [1.29, 1.82) is 0 Å². The zero-order valence-corrected chi connectivity index (χ0v) is 24.9. The average molecular weight is 477 g/mol. The van der Waals surface area contributed by atoms with Crippen LogP contribution in [0.2, 0.25) is 0 Å². The molecule has 0 N–H and O–H groups in total. The fraction of sp³-hybridized carbons (Fsp3) is 0.429. The lowest BCUT2D eigenvalue weighted by Crippen LogP contribution is -2.18. The number of allylic oxidation sites excluding steroid dienone is 4. The molecular weight excluding hydrogens is 420 g/mol. The van der Waals surface area contributed by atoms with Gasteiger partial charge >= 0.3 is 0 Å². The Bertz CT molecular complexity index is 725. The lowest BCUT2D eigenvalue weighted by atomic mass is 9.78. The molecule has 0 saturated heterocycles. The van der Waals surface area contributed by atoms with Crippen molar-refractivity contribution in [3.8, 4) is 0 Å². The molecule has 35 heavy (non-hydrogen) atoms. The second kappa shape index (κ2) is 23.2. The van der Waals surface area contributed by atoms with Crippen LogP contribution in [0.25, 0.3) is 0 Å². The molecule has 2 aromatic carbocycles. The van der Waals surface area contributed by atoms with Crippen LogP contribution in [0.1, 0.15) is 103 Å². The molecule has 0 heterocycles. The van der Waals surface area contributed by atoms with Gasteiger partial charge in [-0.2, -0.15) is 0 Å². The van der Waals surface area contributed by atoms with Gasteiger partial charge < -0.3 is 0 Å². The highest BCUT2D eigenvalue weighted by atomic mass is 14.3. The van der Waals surface area contributed by atoms with E-state index in [4.69, 9.17) is 0 Å². The van der Waals surface area contributed by atoms with E-state index in [9.17, 15) is 0 Å². The summed E-state index contributed by atoms with van der Waals surface area (Å²) in [4.78, 5) is 0. The maximum Gasteiger partial charge on any atom is 0.0146 e. The van der Waals surface area contributed by atoms with Gasteiger partial charge in [0.15, 0.2) is 0 Å². The van der Waals surface area contributed by atoms with E-state index in [1.165, 1.54) is 47.9 Å². The van der Waals surface area contributed by atoms with Crippen LogP contribution in [0.3, 0.4) is 0 Å². The summed E-state index contributed by atoms with van der Waals surface area (Å²) in [6, 6.07) is 17.7. The third-order valence-corrected chi connectivity index (χ3v) is 5.24. The van der Waals surface area contributed by atoms with Crippen molar-refractivity contribution in [2.45, 2.75) is 100 Å². The van der Waals surface area contributed by atoms with Crippen molar-refractivity contribution < 1.29 is 0 Å². The van der Waals surface area contributed by atoms with E-state index in [-0.39, 0.29) is 5.41 Å². The standard InChI is InChI=1S/C17H20.2C5H8.2C4H10/c1-13-5-9-15(10-6-13)17(3,4)16-11-7-14(2)8-12-16;2*1-4-5(2)3;2*1-3-4-2/h5-12H,1-4H3;2*4H,1-2H2,3H3;2*3-4H2,1-2H3. The van der Waals surface area contributed by atoms with E-state index in [1.54, 1.807) is 12.2 Å². The van der Waals surface area contributed by atoms with Crippen LogP contribution >= 0.6 is 0 Å². The molecule has 0 aliphatic rings. The minimum atomic E-state index is 0.0708. The third-order valence-electron chi connectivity index (χ3n) is 5.24. The van der Waals surface area contributed by atoms with Crippen LogP contribution in [0.4, 0.5) is 0 Å². The number of aryl methyl sites for hydroxylation is 2. The Balaban J connectivity index is -0.000000467. The van der Waals surface area contributed by atoms with Crippen molar-refractivity contribution in [1.82, 2.24) is 0 Å². The van der Waals surface area contributed by atoms with Gasteiger partial charge in [-0.1, -0.05) is 176 Å². The molecule has 0 saturated carbocycles. The quantitative estimate of drug-likeness (QED) is 0.364. The molecule has 0 spiro atoms. The van der Waals surface area contributed by atoms with E-state index in [2.05, 4.69) is 130 Å². The van der Waals surface area contributed by atoms with Crippen LogP contribution in [0.5, 0.6) is 0 Å². The highest BCUT2D eigenvalue weighted by Gasteiger charge is 2.22. The molecule has 0 atom stereocenters. The molecule has 0 fully saturated rings. The van der Waals surface area contributed by atoms with Crippen molar-refractivity contribution in [3.63, 3.8) is 0 Å². The normalized spacial score (nSPS) is 9.20. The van der Waals surface area contributed by atoms with Crippen LogP contribution in [0, 0.1) is 13.8 Å². The van der Waals surface area contributed by atoms with Crippen molar-refractivity contribution >= 4 is 0 Å². The lowest BCUT2D eigenvalue weighted by molar-refractivity contribution is 0.640. The minimum Gasteiger partial charge on any atom is -0.0988 e. The van der Waals surface area contributed by atoms with Gasteiger partial charge in [0.05, 0.1) is 0 Å². The second-order valence-corrected chi connectivity index (χ2v) is 9.46. The smallest absolute Gasteiger partial charge is 0.0146 e. The number of hydrogen-bond donors (Lipinski definition) is 0. The fourth-order valence-electron chi connectivity index (χ4n) is 2.11. The Kier molecular flexibility index (Phi) is 24.5. The van der Waals surface area contributed by atoms with Crippen LogP contribution in [-0.4, -0.2) is 0 Å². The van der Waals surface area contributed by atoms with Gasteiger partial charge in [-0.3, -0.25) is 0 Å². The van der Waals surface area contributed by atoms with Gasteiger partial charge in [0.25, 0.3) is 0 Å². The first-order chi connectivity index (χ1) is 16.4. The Labute approximate surface area is 220 Å². The summed E-state index contributed by atoms with van der Waals surface area (Å²) < 4.78 is 0. The monoisotopic (exact) mass is 476 g/mol. The van der Waals surface area contributed by atoms with Gasteiger partial charge in [0.2, 0.25) is 0 Å². The van der Waals surface area contributed by atoms with Crippen LogP contribution in [-0.2, 0) is 5.41 Å². The maximum absolute atomic E-state index is 3.56. The average Bonchev–Trinajstić information content (AvgIpc) is 2.85.